The minimum atomic E-state index is -4.23. The molecule has 1 atom stereocenters. The number of alkyl halides is 3. The average molecular weight is 271 g/mol. The van der Waals surface area contributed by atoms with Crippen LogP contribution in [0.15, 0.2) is 35.9 Å². The summed E-state index contributed by atoms with van der Waals surface area (Å²) in [7, 11) is 0. The SMILES string of the molecule is CC(O)c1ccccc1N1CC=C(C(F)(F)F)CC1. The molecule has 0 saturated carbocycles. The summed E-state index contributed by atoms with van der Waals surface area (Å²) >= 11 is 0. The fourth-order valence-corrected chi connectivity index (χ4v) is 2.27. The summed E-state index contributed by atoms with van der Waals surface area (Å²) in [6.07, 6.45) is -3.65. The lowest BCUT2D eigenvalue weighted by molar-refractivity contribution is -0.0944. The molecule has 2 nitrogen and oxygen atoms in total. The summed E-state index contributed by atoms with van der Waals surface area (Å²) < 4.78 is 37.7. The van der Waals surface area contributed by atoms with E-state index >= 15 is 0 Å². The summed E-state index contributed by atoms with van der Waals surface area (Å²) in [5.41, 5.74) is 1.08. The first-order valence-corrected chi connectivity index (χ1v) is 6.18. The highest BCUT2D eigenvalue weighted by Crippen LogP contribution is 2.33. The first-order chi connectivity index (χ1) is 8.89. The fraction of sp³-hybridized carbons (Fsp3) is 0.429. The maximum atomic E-state index is 12.6. The minimum absolute atomic E-state index is 0.0162. The zero-order valence-corrected chi connectivity index (χ0v) is 10.6. The van der Waals surface area contributed by atoms with E-state index in [1.165, 1.54) is 6.08 Å². The van der Waals surface area contributed by atoms with Crippen molar-refractivity contribution in [1.29, 1.82) is 0 Å². The van der Waals surface area contributed by atoms with Crippen LogP contribution in [0.4, 0.5) is 18.9 Å². The number of nitrogens with zero attached hydrogens (tertiary/aromatic N) is 1. The minimum Gasteiger partial charge on any atom is -0.389 e. The molecule has 0 aliphatic carbocycles. The van der Waals surface area contributed by atoms with E-state index in [9.17, 15) is 18.3 Å². The van der Waals surface area contributed by atoms with E-state index < -0.39 is 17.9 Å². The molecule has 0 spiro atoms. The second kappa shape index (κ2) is 5.25. The largest absolute Gasteiger partial charge is 0.412 e. The molecule has 1 aromatic rings. The van der Waals surface area contributed by atoms with Crippen molar-refractivity contribution in [3.63, 3.8) is 0 Å². The highest BCUT2D eigenvalue weighted by Gasteiger charge is 2.35. The predicted molar refractivity (Wildman–Crippen MR) is 68.0 cm³/mol. The molecule has 1 N–H and O–H groups in total. The van der Waals surface area contributed by atoms with Crippen molar-refractivity contribution in [1.82, 2.24) is 0 Å². The van der Waals surface area contributed by atoms with E-state index in [4.69, 9.17) is 0 Å². The molecule has 1 heterocycles. The first-order valence-electron chi connectivity index (χ1n) is 6.18. The van der Waals surface area contributed by atoms with Gasteiger partial charge >= 0.3 is 6.18 Å². The van der Waals surface area contributed by atoms with Gasteiger partial charge in [0.2, 0.25) is 0 Å². The van der Waals surface area contributed by atoms with Gasteiger partial charge in [-0.05, 0) is 19.4 Å². The first kappa shape index (κ1) is 13.9. The normalized spacial score (nSPS) is 18.2. The highest BCUT2D eigenvalue weighted by molar-refractivity contribution is 5.55. The molecule has 0 aromatic heterocycles. The third-order valence-electron chi connectivity index (χ3n) is 3.30. The Bertz CT molecular complexity index is 480. The van der Waals surface area contributed by atoms with Crippen molar-refractivity contribution >= 4 is 5.69 Å². The molecular weight excluding hydrogens is 255 g/mol. The van der Waals surface area contributed by atoms with Crippen LogP contribution in [0, 0.1) is 0 Å². The Morgan fingerprint density at radius 1 is 1.26 bits per heavy atom. The van der Waals surface area contributed by atoms with Gasteiger partial charge in [-0.3, -0.25) is 0 Å². The second-order valence-corrected chi connectivity index (χ2v) is 4.66. The van der Waals surface area contributed by atoms with Gasteiger partial charge in [0.05, 0.1) is 6.10 Å². The van der Waals surface area contributed by atoms with E-state index in [-0.39, 0.29) is 13.0 Å². The van der Waals surface area contributed by atoms with E-state index in [2.05, 4.69) is 0 Å². The highest BCUT2D eigenvalue weighted by atomic mass is 19.4. The third kappa shape index (κ3) is 3.10. The van der Waals surface area contributed by atoms with Crippen molar-refractivity contribution in [3.05, 3.63) is 41.5 Å². The molecule has 19 heavy (non-hydrogen) atoms. The van der Waals surface area contributed by atoms with Gasteiger partial charge < -0.3 is 10.0 Å². The Balaban J connectivity index is 2.21. The van der Waals surface area contributed by atoms with Gasteiger partial charge in [-0.15, -0.1) is 0 Å². The van der Waals surface area contributed by atoms with Crippen LogP contribution in [-0.2, 0) is 0 Å². The Morgan fingerprint density at radius 2 is 1.95 bits per heavy atom. The quantitative estimate of drug-likeness (QED) is 0.833. The third-order valence-corrected chi connectivity index (χ3v) is 3.30. The Kier molecular flexibility index (Phi) is 3.85. The Labute approximate surface area is 110 Å². The van der Waals surface area contributed by atoms with Crippen LogP contribution in [0.1, 0.15) is 25.0 Å². The topological polar surface area (TPSA) is 23.5 Å². The summed E-state index contributed by atoms with van der Waals surface area (Å²) in [6.45, 7) is 2.19. The monoisotopic (exact) mass is 271 g/mol. The van der Waals surface area contributed by atoms with E-state index in [0.29, 0.717) is 6.54 Å². The Hall–Kier alpha value is -1.49. The lowest BCUT2D eigenvalue weighted by Crippen LogP contribution is -2.32. The van der Waals surface area contributed by atoms with Crippen LogP contribution in [0.2, 0.25) is 0 Å². The van der Waals surface area contributed by atoms with Crippen LogP contribution in [0.25, 0.3) is 0 Å². The predicted octanol–water partition coefficient (Wildman–Crippen LogP) is 3.44. The number of hydrogen-bond acceptors (Lipinski definition) is 2. The molecular formula is C14H16F3NO. The van der Waals surface area contributed by atoms with Crippen molar-refractivity contribution in [2.24, 2.45) is 0 Å². The van der Waals surface area contributed by atoms with Gasteiger partial charge in [-0.2, -0.15) is 13.2 Å². The molecule has 5 heteroatoms. The van der Waals surface area contributed by atoms with Crippen LogP contribution in [0.5, 0.6) is 0 Å². The van der Waals surface area contributed by atoms with E-state index in [0.717, 1.165) is 11.3 Å². The molecule has 104 valence electrons. The molecule has 0 radical (unpaired) electrons. The number of aliphatic hydroxyl groups excluding tert-OH is 1. The molecule has 0 bridgehead atoms. The molecule has 1 aliphatic heterocycles. The van der Waals surface area contributed by atoms with Gasteiger partial charge in [0.25, 0.3) is 0 Å². The van der Waals surface area contributed by atoms with Crippen LogP contribution >= 0.6 is 0 Å². The molecule has 0 amide bonds. The van der Waals surface area contributed by atoms with Gasteiger partial charge in [0.1, 0.15) is 0 Å². The summed E-state index contributed by atoms with van der Waals surface area (Å²) in [4.78, 5) is 1.86. The number of hydrogen-bond donors (Lipinski definition) is 1. The van der Waals surface area contributed by atoms with Crippen molar-refractivity contribution in [2.45, 2.75) is 25.6 Å². The van der Waals surface area contributed by atoms with Crippen LogP contribution in [0.3, 0.4) is 0 Å². The van der Waals surface area contributed by atoms with E-state index in [1.807, 2.05) is 23.1 Å². The summed E-state index contributed by atoms with van der Waals surface area (Å²) in [6, 6.07) is 7.26. The zero-order valence-electron chi connectivity index (χ0n) is 10.6. The van der Waals surface area contributed by atoms with Gasteiger partial charge in [-0.1, -0.05) is 24.3 Å². The number of benzene rings is 1. The lowest BCUT2D eigenvalue weighted by Gasteiger charge is -2.31. The Morgan fingerprint density at radius 3 is 2.47 bits per heavy atom. The molecule has 1 aliphatic rings. The van der Waals surface area contributed by atoms with Gasteiger partial charge in [-0.25, -0.2) is 0 Å². The number of para-hydroxylation sites is 1. The average Bonchev–Trinajstić information content (AvgIpc) is 2.38. The summed E-state index contributed by atoms with van der Waals surface area (Å²) in [5.74, 6) is 0. The number of rotatable bonds is 2. The summed E-state index contributed by atoms with van der Waals surface area (Å²) in [5, 5.41) is 9.69. The van der Waals surface area contributed by atoms with Crippen molar-refractivity contribution in [2.75, 3.05) is 18.0 Å². The number of anilines is 1. The van der Waals surface area contributed by atoms with Crippen molar-refractivity contribution in [3.8, 4) is 0 Å². The number of aliphatic hydroxyl groups is 1. The van der Waals surface area contributed by atoms with Crippen LogP contribution < -0.4 is 4.90 Å². The lowest BCUT2D eigenvalue weighted by atomic mass is 10.0. The van der Waals surface area contributed by atoms with Crippen LogP contribution in [-0.4, -0.2) is 24.4 Å². The molecule has 0 saturated heterocycles. The van der Waals surface area contributed by atoms with Crippen molar-refractivity contribution < 1.29 is 18.3 Å². The van der Waals surface area contributed by atoms with Gasteiger partial charge in [0.15, 0.2) is 0 Å². The molecule has 0 fully saturated rings. The maximum absolute atomic E-state index is 12.6. The second-order valence-electron chi connectivity index (χ2n) is 4.66. The molecule has 1 unspecified atom stereocenters. The molecule has 1 aromatic carbocycles. The maximum Gasteiger partial charge on any atom is 0.412 e. The zero-order chi connectivity index (χ0) is 14.0. The van der Waals surface area contributed by atoms with E-state index in [1.54, 1.807) is 13.0 Å². The standard InChI is InChI=1S/C14H16F3NO/c1-10(19)12-4-2-3-5-13(12)18-8-6-11(7-9-18)14(15,16)17/h2-6,10,19H,7-9H2,1H3. The number of halogens is 3. The fourth-order valence-electron chi connectivity index (χ4n) is 2.27. The smallest absolute Gasteiger partial charge is 0.389 e. The molecule has 2 rings (SSSR count). The van der Waals surface area contributed by atoms with Gasteiger partial charge in [0, 0.05) is 29.9 Å².